The smallest absolute Gasteiger partial charge is 0.354 e. The van der Waals surface area contributed by atoms with Gasteiger partial charge in [-0.15, -0.1) is 0 Å². The van der Waals surface area contributed by atoms with Gasteiger partial charge in [-0.05, 0) is 32.0 Å². The molecule has 0 spiro atoms. The Bertz CT molecular complexity index is 704. The zero-order valence-corrected chi connectivity index (χ0v) is 10.5. The van der Waals surface area contributed by atoms with Crippen molar-refractivity contribution in [3.63, 3.8) is 0 Å². The molecule has 1 aliphatic heterocycles. The van der Waals surface area contributed by atoms with Crippen LogP contribution < -0.4 is 5.32 Å². The highest BCUT2D eigenvalue weighted by molar-refractivity contribution is 5.99. The second kappa shape index (κ2) is 3.81. The molecule has 1 amide bonds. The maximum Gasteiger partial charge on any atom is 0.354 e. The Kier molecular flexibility index (Phi) is 2.35. The van der Waals surface area contributed by atoms with Crippen LogP contribution in [-0.2, 0) is 0 Å². The van der Waals surface area contributed by atoms with E-state index in [9.17, 15) is 9.59 Å². The first-order chi connectivity index (χ1) is 8.99. The van der Waals surface area contributed by atoms with Gasteiger partial charge in [-0.2, -0.15) is 0 Å². The minimum absolute atomic E-state index is 0.0146. The molecule has 0 saturated carbocycles. The summed E-state index contributed by atoms with van der Waals surface area (Å²) < 4.78 is 1.81. The number of nitrogens with zero attached hydrogens (tertiary/aromatic N) is 2. The van der Waals surface area contributed by atoms with E-state index in [-0.39, 0.29) is 23.7 Å². The van der Waals surface area contributed by atoms with Gasteiger partial charge in [0.15, 0.2) is 5.69 Å². The number of rotatable bonds is 1. The summed E-state index contributed by atoms with van der Waals surface area (Å²) in [7, 11) is 0. The van der Waals surface area contributed by atoms with Gasteiger partial charge in [-0.1, -0.05) is 0 Å². The fraction of sp³-hybridized carbons (Fsp3) is 0.308. The zero-order chi connectivity index (χ0) is 13.7. The average Bonchev–Trinajstić information content (AvgIpc) is 2.75. The standard InChI is InChI=1S/C13H13N3O3/c1-6-7(2)16-10(12(17)14-6)5-8-3-4-9(13(18)19)15-11(8)16/h3-7H,1-2H3,(H,14,17)(H,18,19)/t6?,7-/m0/s1. The van der Waals surface area contributed by atoms with Crippen LogP contribution in [0, 0.1) is 0 Å². The van der Waals surface area contributed by atoms with Crippen LogP contribution >= 0.6 is 0 Å². The van der Waals surface area contributed by atoms with Crippen molar-refractivity contribution in [1.29, 1.82) is 0 Å². The van der Waals surface area contributed by atoms with Crippen LogP contribution in [0.1, 0.15) is 40.9 Å². The lowest BCUT2D eigenvalue weighted by atomic mass is 10.1. The summed E-state index contributed by atoms with van der Waals surface area (Å²) in [5, 5.41) is 12.7. The molecule has 6 nitrogen and oxygen atoms in total. The van der Waals surface area contributed by atoms with Crippen molar-refractivity contribution in [2.75, 3.05) is 0 Å². The molecule has 0 bridgehead atoms. The van der Waals surface area contributed by atoms with Gasteiger partial charge < -0.3 is 15.0 Å². The van der Waals surface area contributed by atoms with Crippen LogP contribution in [0.5, 0.6) is 0 Å². The van der Waals surface area contributed by atoms with Crippen LogP contribution in [0.3, 0.4) is 0 Å². The third kappa shape index (κ3) is 1.60. The maximum absolute atomic E-state index is 12.0. The quantitative estimate of drug-likeness (QED) is 0.811. The first-order valence-electron chi connectivity index (χ1n) is 6.05. The predicted octanol–water partition coefficient (Wildman–Crippen LogP) is 1.43. The molecule has 0 aliphatic carbocycles. The maximum atomic E-state index is 12.0. The molecule has 2 aromatic heterocycles. The number of nitrogens with one attached hydrogen (secondary N) is 1. The number of pyridine rings is 1. The highest BCUT2D eigenvalue weighted by Gasteiger charge is 2.30. The van der Waals surface area contributed by atoms with Crippen LogP contribution in [0.2, 0.25) is 0 Å². The fourth-order valence-electron chi connectivity index (χ4n) is 2.43. The van der Waals surface area contributed by atoms with Crippen molar-refractivity contribution in [3.05, 3.63) is 29.6 Å². The van der Waals surface area contributed by atoms with E-state index < -0.39 is 5.97 Å². The average molecular weight is 259 g/mol. The van der Waals surface area contributed by atoms with E-state index in [4.69, 9.17) is 5.11 Å². The lowest BCUT2D eigenvalue weighted by Crippen LogP contribution is -2.44. The summed E-state index contributed by atoms with van der Waals surface area (Å²) in [6.45, 7) is 3.89. The minimum Gasteiger partial charge on any atom is -0.477 e. The molecule has 2 atom stereocenters. The van der Waals surface area contributed by atoms with Gasteiger partial charge >= 0.3 is 5.97 Å². The van der Waals surface area contributed by atoms with Gasteiger partial charge in [0.2, 0.25) is 0 Å². The summed E-state index contributed by atoms with van der Waals surface area (Å²) in [5.74, 6) is -1.22. The number of fused-ring (bicyclic) bond motifs is 3. The minimum atomic E-state index is -1.07. The topological polar surface area (TPSA) is 84.2 Å². The molecule has 19 heavy (non-hydrogen) atoms. The molecule has 0 radical (unpaired) electrons. The molecule has 1 unspecified atom stereocenters. The third-order valence-corrected chi connectivity index (χ3v) is 3.63. The molecule has 3 rings (SSSR count). The second-order valence-corrected chi connectivity index (χ2v) is 4.82. The molecule has 2 N–H and O–H groups in total. The van der Waals surface area contributed by atoms with Crippen LogP contribution in [0.4, 0.5) is 0 Å². The number of hydrogen-bond donors (Lipinski definition) is 2. The second-order valence-electron chi connectivity index (χ2n) is 4.82. The molecule has 3 heterocycles. The Hall–Kier alpha value is -2.37. The summed E-state index contributed by atoms with van der Waals surface area (Å²) in [6, 6.07) is 4.88. The van der Waals surface area contributed by atoms with Gasteiger partial charge in [0, 0.05) is 11.4 Å². The third-order valence-electron chi connectivity index (χ3n) is 3.63. The number of aromatic carboxylic acids is 1. The SMILES string of the molecule is CC1NC(=O)c2cc3ccc(C(=O)O)nc3n2[C@H]1C. The van der Waals surface area contributed by atoms with E-state index in [1.165, 1.54) is 6.07 Å². The van der Waals surface area contributed by atoms with Crippen molar-refractivity contribution >= 4 is 22.9 Å². The highest BCUT2D eigenvalue weighted by atomic mass is 16.4. The van der Waals surface area contributed by atoms with Crippen molar-refractivity contribution in [1.82, 2.24) is 14.9 Å². The number of carbonyl (C=O) groups is 2. The van der Waals surface area contributed by atoms with Crippen molar-refractivity contribution in [2.45, 2.75) is 25.9 Å². The summed E-state index contributed by atoms with van der Waals surface area (Å²) in [4.78, 5) is 27.1. The number of carboxylic acids is 1. The van der Waals surface area contributed by atoms with E-state index in [1.807, 2.05) is 18.4 Å². The van der Waals surface area contributed by atoms with E-state index in [0.29, 0.717) is 11.3 Å². The van der Waals surface area contributed by atoms with Gasteiger partial charge in [-0.25, -0.2) is 9.78 Å². The van der Waals surface area contributed by atoms with Crippen molar-refractivity contribution in [2.24, 2.45) is 0 Å². The molecular formula is C13H13N3O3. The van der Waals surface area contributed by atoms with Crippen LogP contribution in [-0.4, -0.2) is 32.6 Å². The molecule has 2 aromatic rings. The normalized spacial score (nSPS) is 22.1. The Balaban J connectivity index is 2.31. The Morgan fingerprint density at radius 2 is 2.16 bits per heavy atom. The molecule has 0 fully saturated rings. The highest BCUT2D eigenvalue weighted by Crippen LogP contribution is 2.28. The van der Waals surface area contributed by atoms with Crippen LogP contribution in [0.15, 0.2) is 18.2 Å². The fourth-order valence-corrected chi connectivity index (χ4v) is 2.43. The van der Waals surface area contributed by atoms with Gasteiger partial charge in [0.05, 0.1) is 6.04 Å². The first kappa shape index (κ1) is 11.7. The number of hydrogen-bond acceptors (Lipinski definition) is 3. The molecule has 98 valence electrons. The van der Waals surface area contributed by atoms with Gasteiger partial charge in [0.25, 0.3) is 5.91 Å². The molecule has 0 aromatic carbocycles. The number of amides is 1. The molecule has 0 saturated heterocycles. The lowest BCUT2D eigenvalue weighted by molar-refractivity contribution is 0.0690. The van der Waals surface area contributed by atoms with Crippen molar-refractivity contribution < 1.29 is 14.7 Å². The molecule has 1 aliphatic rings. The predicted molar refractivity (Wildman–Crippen MR) is 68.3 cm³/mol. The molecular weight excluding hydrogens is 246 g/mol. The van der Waals surface area contributed by atoms with E-state index >= 15 is 0 Å². The van der Waals surface area contributed by atoms with E-state index in [1.54, 1.807) is 12.1 Å². The van der Waals surface area contributed by atoms with Gasteiger partial charge in [-0.3, -0.25) is 4.79 Å². The Morgan fingerprint density at radius 3 is 2.84 bits per heavy atom. The van der Waals surface area contributed by atoms with Gasteiger partial charge in [0.1, 0.15) is 11.3 Å². The van der Waals surface area contributed by atoms with Crippen LogP contribution in [0.25, 0.3) is 11.0 Å². The zero-order valence-electron chi connectivity index (χ0n) is 10.5. The first-order valence-corrected chi connectivity index (χ1v) is 6.05. The molecule has 6 heteroatoms. The lowest BCUT2D eigenvalue weighted by Gasteiger charge is -2.29. The Labute approximate surface area is 109 Å². The number of aromatic nitrogens is 2. The summed E-state index contributed by atoms with van der Waals surface area (Å²) >= 11 is 0. The largest absolute Gasteiger partial charge is 0.477 e. The summed E-state index contributed by atoms with van der Waals surface area (Å²) in [6.07, 6.45) is 0. The monoisotopic (exact) mass is 259 g/mol. The van der Waals surface area contributed by atoms with E-state index in [2.05, 4.69) is 10.3 Å². The Morgan fingerprint density at radius 1 is 1.42 bits per heavy atom. The van der Waals surface area contributed by atoms with Crippen molar-refractivity contribution in [3.8, 4) is 0 Å². The van der Waals surface area contributed by atoms with E-state index in [0.717, 1.165) is 5.39 Å². The number of carboxylic acid groups (broad SMARTS) is 1. The summed E-state index contributed by atoms with van der Waals surface area (Å²) in [5.41, 5.74) is 1.05. The number of carbonyl (C=O) groups excluding carboxylic acids is 1.